The third kappa shape index (κ3) is 2.11. The molecule has 0 spiro atoms. The Morgan fingerprint density at radius 2 is 2.25 bits per heavy atom. The summed E-state index contributed by atoms with van der Waals surface area (Å²) in [6, 6.07) is 5.13. The molecule has 1 saturated heterocycles. The van der Waals surface area contributed by atoms with Gasteiger partial charge in [-0.1, -0.05) is 12.1 Å². The Bertz CT molecular complexity index is 392. The van der Waals surface area contributed by atoms with Crippen LogP contribution < -0.4 is 0 Å². The monoisotopic (exact) mass is 224 g/mol. The first-order valence-corrected chi connectivity index (χ1v) is 5.60. The normalized spacial score (nSPS) is 30.4. The Labute approximate surface area is 95.1 Å². The van der Waals surface area contributed by atoms with Crippen LogP contribution in [0.25, 0.3) is 0 Å². The Hall–Kier alpha value is -0.930. The van der Waals surface area contributed by atoms with Gasteiger partial charge in [-0.05, 0) is 37.5 Å². The van der Waals surface area contributed by atoms with Crippen LogP contribution in [0, 0.1) is 12.7 Å². The van der Waals surface area contributed by atoms with Gasteiger partial charge in [0, 0.05) is 6.42 Å². The minimum absolute atomic E-state index is 0.220. The van der Waals surface area contributed by atoms with Gasteiger partial charge >= 0.3 is 0 Å². The van der Waals surface area contributed by atoms with Crippen LogP contribution in [0.3, 0.4) is 0 Å². The lowest BCUT2D eigenvalue weighted by molar-refractivity contribution is -0.112. The fraction of sp³-hybridized carbons (Fsp3) is 0.538. The molecule has 1 aliphatic rings. The van der Waals surface area contributed by atoms with Gasteiger partial charge in [-0.3, -0.25) is 0 Å². The number of aliphatic hydroxyl groups excluding tert-OH is 1. The van der Waals surface area contributed by atoms with E-state index in [1.54, 1.807) is 13.0 Å². The first kappa shape index (κ1) is 11.6. The number of rotatable bonds is 1. The molecule has 16 heavy (non-hydrogen) atoms. The number of aliphatic hydroxyl groups is 1. The summed E-state index contributed by atoms with van der Waals surface area (Å²) >= 11 is 0. The fourth-order valence-electron chi connectivity index (χ4n) is 2.15. The van der Waals surface area contributed by atoms with E-state index in [9.17, 15) is 9.50 Å². The molecule has 0 amide bonds. The van der Waals surface area contributed by atoms with Crippen molar-refractivity contribution in [3.8, 4) is 0 Å². The van der Waals surface area contributed by atoms with Crippen molar-refractivity contribution < 1.29 is 14.2 Å². The van der Waals surface area contributed by atoms with E-state index >= 15 is 0 Å². The first-order valence-electron chi connectivity index (χ1n) is 5.60. The van der Waals surface area contributed by atoms with Crippen LogP contribution in [0.2, 0.25) is 0 Å². The van der Waals surface area contributed by atoms with E-state index in [2.05, 4.69) is 0 Å². The molecule has 2 nitrogen and oxygen atoms in total. The molecule has 2 atom stereocenters. The maximum atomic E-state index is 13.5. The molecule has 1 aromatic rings. The van der Waals surface area contributed by atoms with E-state index < -0.39 is 5.60 Å². The van der Waals surface area contributed by atoms with Crippen molar-refractivity contribution in [2.24, 2.45) is 0 Å². The molecule has 0 radical (unpaired) electrons. The summed E-state index contributed by atoms with van der Waals surface area (Å²) in [5.74, 6) is -0.220. The van der Waals surface area contributed by atoms with Gasteiger partial charge in [0.25, 0.3) is 0 Å². The second-order valence-electron chi connectivity index (χ2n) is 4.69. The maximum absolute atomic E-state index is 13.5. The lowest BCUT2D eigenvalue weighted by atomic mass is 9.86. The van der Waals surface area contributed by atoms with Crippen LogP contribution in [0.5, 0.6) is 0 Å². The van der Waals surface area contributed by atoms with E-state index in [0.717, 1.165) is 5.56 Å². The molecule has 1 aromatic carbocycles. The lowest BCUT2D eigenvalue weighted by Crippen LogP contribution is -2.37. The SMILES string of the molecule is Cc1ccc(C2(C)CC(O)CCO2)cc1F. The van der Waals surface area contributed by atoms with Gasteiger partial charge in [-0.25, -0.2) is 4.39 Å². The summed E-state index contributed by atoms with van der Waals surface area (Å²) in [5.41, 5.74) is 0.865. The fourth-order valence-corrected chi connectivity index (χ4v) is 2.15. The summed E-state index contributed by atoms with van der Waals surface area (Å²) in [4.78, 5) is 0. The predicted octanol–water partition coefficient (Wildman–Crippen LogP) is 2.52. The predicted molar refractivity (Wildman–Crippen MR) is 59.7 cm³/mol. The van der Waals surface area contributed by atoms with Crippen LogP contribution in [-0.4, -0.2) is 17.8 Å². The maximum Gasteiger partial charge on any atom is 0.126 e. The first-order chi connectivity index (χ1) is 7.51. The van der Waals surface area contributed by atoms with Crippen LogP contribution in [0.15, 0.2) is 18.2 Å². The van der Waals surface area contributed by atoms with Crippen molar-refractivity contribution in [2.75, 3.05) is 6.61 Å². The Kier molecular flexibility index (Phi) is 3.00. The van der Waals surface area contributed by atoms with Crippen LogP contribution in [0.1, 0.15) is 30.9 Å². The number of ether oxygens (including phenoxy) is 1. The zero-order chi connectivity index (χ0) is 11.8. The van der Waals surface area contributed by atoms with Gasteiger partial charge in [0.2, 0.25) is 0 Å². The van der Waals surface area contributed by atoms with Gasteiger partial charge < -0.3 is 9.84 Å². The topological polar surface area (TPSA) is 29.5 Å². The molecular weight excluding hydrogens is 207 g/mol. The minimum Gasteiger partial charge on any atom is -0.393 e. The Balaban J connectivity index is 2.31. The summed E-state index contributed by atoms with van der Waals surface area (Å²) in [5, 5.41) is 9.66. The van der Waals surface area contributed by atoms with Crippen molar-refractivity contribution in [1.82, 2.24) is 0 Å². The summed E-state index contributed by atoms with van der Waals surface area (Å²) in [6.45, 7) is 4.16. The molecule has 2 unspecified atom stereocenters. The van der Waals surface area contributed by atoms with Gasteiger partial charge in [0.05, 0.1) is 18.3 Å². The molecule has 1 aliphatic heterocycles. The molecule has 88 valence electrons. The molecule has 2 rings (SSSR count). The quantitative estimate of drug-likeness (QED) is 0.794. The smallest absolute Gasteiger partial charge is 0.126 e. The van der Waals surface area contributed by atoms with Crippen molar-refractivity contribution >= 4 is 0 Å². The average molecular weight is 224 g/mol. The van der Waals surface area contributed by atoms with E-state index in [1.165, 1.54) is 6.07 Å². The van der Waals surface area contributed by atoms with Gasteiger partial charge in [-0.15, -0.1) is 0 Å². The van der Waals surface area contributed by atoms with Gasteiger partial charge in [0.1, 0.15) is 5.82 Å². The minimum atomic E-state index is -0.563. The molecule has 1 N–H and O–H groups in total. The number of aryl methyl sites for hydroxylation is 1. The van der Waals surface area contributed by atoms with E-state index in [-0.39, 0.29) is 11.9 Å². The number of halogens is 1. The molecule has 0 bridgehead atoms. The van der Waals surface area contributed by atoms with Crippen molar-refractivity contribution in [3.63, 3.8) is 0 Å². The van der Waals surface area contributed by atoms with Gasteiger partial charge in [-0.2, -0.15) is 0 Å². The van der Waals surface area contributed by atoms with E-state index in [0.29, 0.717) is 25.0 Å². The van der Waals surface area contributed by atoms with Crippen molar-refractivity contribution in [2.45, 2.75) is 38.4 Å². The highest BCUT2D eigenvalue weighted by atomic mass is 19.1. The summed E-state index contributed by atoms with van der Waals surface area (Å²) in [6.07, 6.45) is 0.822. The third-order valence-corrected chi connectivity index (χ3v) is 3.28. The molecule has 0 aromatic heterocycles. The molecule has 1 heterocycles. The second-order valence-corrected chi connectivity index (χ2v) is 4.69. The molecule has 0 aliphatic carbocycles. The second kappa shape index (κ2) is 4.15. The summed E-state index contributed by atoms with van der Waals surface area (Å²) in [7, 11) is 0. The van der Waals surface area contributed by atoms with Crippen molar-refractivity contribution in [3.05, 3.63) is 35.1 Å². The molecule has 3 heteroatoms. The lowest BCUT2D eigenvalue weighted by Gasteiger charge is -2.37. The average Bonchev–Trinajstić information content (AvgIpc) is 2.21. The molecular formula is C13H17FO2. The Morgan fingerprint density at radius 3 is 2.88 bits per heavy atom. The zero-order valence-electron chi connectivity index (χ0n) is 9.66. The standard InChI is InChI=1S/C13H17FO2/c1-9-3-4-10(7-12(9)14)13(2)8-11(15)5-6-16-13/h3-4,7,11,15H,5-6,8H2,1-2H3. The van der Waals surface area contributed by atoms with Crippen LogP contribution >= 0.6 is 0 Å². The number of hydrogen-bond donors (Lipinski definition) is 1. The largest absolute Gasteiger partial charge is 0.393 e. The molecule has 1 fully saturated rings. The zero-order valence-corrected chi connectivity index (χ0v) is 9.66. The van der Waals surface area contributed by atoms with Crippen molar-refractivity contribution in [1.29, 1.82) is 0 Å². The highest BCUT2D eigenvalue weighted by Gasteiger charge is 2.34. The van der Waals surface area contributed by atoms with Crippen LogP contribution in [-0.2, 0) is 10.3 Å². The van der Waals surface area contributed by atoms with E-state index in [1.807, 2.05) is 13.0 Å². The highest BCUT2D eigenvalue weighted by Crippen LogP contribution is 2.35. The van der Waals surface area contributed by atoms with E-state index in [4.69, 9.17) is 4.74 Å². The Morgan fingerprint density at radius 1 is 1.50 bits per heavy atom. The number of benzene rings is 1. The number of hydrogen-bond acceptors (Lipinski definition) is 2. The van der Waals surface area contributed by atoms with Crippen LogP contribution in [0.4, 0.5) is 4.39 Å². The third-order valence-electron chi connectivity index (χ3n) is 3.28. The molecule has 0 saturated carbocycles. The summed E-state index contributed by atoms with van der Waals surface area (Å²) < 4.78 is 19.2. The highest BCUT2D eigenvalue weighted by molar-refractivity contribution is 5.28. The van der Waals surface area contributed by atoms with Gasteiger partial charge in [0.15, 0.2) is 0 Å².